The van der Waals surface area contributed by atoms with Crippen molar-refractivity contribution in [1.82, 2.24) is 0 Å². The SMILES string of the molecule is CC(=O)Nc1ccc(Br)cc1NC(=O)COc1ccc2ccc(=O)oc2c1. The Balaban J connectivity index is 1.69. The molecule has 0 spiro atoms. The summed E-state index contributed by atoms with van der Waals surface area (Å²) in [5, 5.41) is 6.09. The first-order valence-electron chi connectivity index (χ1n) is 7.94. The van der Waals surface area contributed by atoms with Crippen LogP contribution in [0.15, 0.2) is 62.2 Å². The number of hydrogen-bond donors (Lipinski definition) is 2. The van der Waals surface area contributed by atoms with Crippen LogP contribution in [0, 0.1) is 0 Å². The predicted octanol–water partition coefficient (Wildman–Crippen LogP) is 3.53. The number of carbonyl (C=O) groups is 2. The zero-order chi connectivity index (χ0) is 19.4. The number of rotatable bonds is 5. The van der Waals surface area contributed by atoms with E-state index in [9.17, 15) is 14.4 Å². The second kappa shape index (κ2) is 8.05. The number of carbonyl (C=O) groups excluding carboxylic acids is 2. The van der Waals surface area contributed by atoms with Crippen molar-refractivity contribution in [2.24, 2.45) is 0 Å². The Bertz CT molecular complexity index is 1080. The molecule has 0 aliphatic heterocycles. The van der Waals surface area contributed by atoms with E-state index < -0.39 is 11.5 Å². The summed E-state index contributed by atoms with van der Waals surface area (Å²) in [4.78, 5) is 34.8. The van der Waals surface area contributed by atoms with Crippen molar-refractivity contribution >= 4 is 50.1 Å². The third-order valence-electron chi connectivity index (χ3n) is 3.53. The van der Waals surface area contributed by atoms with Gasteiger partial charge in [-0.05, 0) is 36.4 Å². The summed E-state index contributed by atoms with van der Waals surface area (Å²) in [5.74, 6) is -0.264. The number of nitrogens with one attached hydrogen (secondary N) is 2. The molecule has 7 nitrogen and oxygen atoms in total. The van der Waals surface area contributed by atoms with Gasteiger partial charge < -0.3 is 19.8 Å². The molecule has 0 aliphatic rings. The lowest BCUT2D eigenvalue weighted by Gasteiger charge is -2.12. The molecule has 0 bridgehead atoms. The van der Waals surface area contributed by atoms with Crippen molar-refractivity contribution in [1.29, 1.82) is 0 Å². The van der Waals surface area contributed by atoms with Gasteiger partial charge in [0.15, 0.2) is 6.61 Å². The van der Waals surface area contributed by atoms with Gasteiger partial charge in [0.1, 0.15) is 11.3 Å². The van der Waals surface area contributed by atoms with Gasteiger partial charge in [-0.1, -0.05) is 15.9 Å². The monoisotopic (exact) mass is 430 g/mol. The van der Waals surface area contributed by atoms with Crippen molar-refractivity contribution in [3.63, 3.8) is 0 Å². The van der Waals surface area contributed by atoms with Crippen molar-refractivity contribution in [2.45, 2.75) is 6.92 Å². The molecule has 2 N–H and O–H groups in total. The molecule has 0 unspecified atom stereocenters. The van der Waals surface area contributed by atoms with E-state index in [-0.39, 0.29) is 12.5 Å². The molecule has 27 heavy (non-hydrogen) atoms. The van der Waals surface area contributed by atoms with Gasteiger partial charge in [0.05, 0.1) is 11.4 Å². The van der Waals surface area contributed by atoms with Crippen LogP contribution in [-0.2, 0) is 9.59 Å². The summed E-state index contributed by atoms with van der Waals surface area (Å²) in [5.41, 5.74) is 0.835. The van der Waals surface area contributed by atoms with E-state index in [4.69, 9.17) is 9.15 Å². The largest absolute Gasteiger partial charge is 0.484 e. The maximum Gasteiger partial charge on any atom is 0.336 e. The highest BCUT2D eigenvalue weighted by Crippen LogP contribution is 2.26. The molecule has 0 aliphatic carbocycles. The molecule has 0 radical (unpaired) electrons. The number of hydrogen-bond acceptors (Lipinski definition) is 5. The van der Waals surface area contributed by atoms with E-state index >= 15 is 0 Å². The maximum absolute atomic E-state index is 12.2. The van der Waals surface area contributed by atoms with E-state index in [1.54, 1.807) is 42.5 Å². The van der Waals surface area contributed by atoms with Gasteiger partial charge in [-0.3, -0.25) is 9.59 Å². The number of ether oxygens (including phenoxy) is 1. The van der Waals surface area contributed by atoms with Crippen LogP contribution in [-0.4, -0.2) is 18.4 Å². The van der Waals surface area contributed by atoms with E-state index in [0.29, 0.717) is 22.7 Å². The summed E-state index contributed by atoms with van der Waals surface area (Å²) < 4.78 is 11.3. The minimum atomic E-state index is -0.461. The highest BCUT2D eigenvalue weighted by atomic mass is 79.9. The molecule has 0 fully saturated rings. The molecular weight excluding hydrogens is 416 g/mol. The summed E-state index contributed by atoms with van der Waals surface area (Å²) >= 11 is 3.33. The molecule has 2 aromatic carbocycles. The van der Waals surface area contributed by atoms with Crippen molar-refractivity contribution < 1.29 is 18.7 Å². The number of fused-ring (bicyclic) bond motifs is 1. The second-order valence-corrected chi connectivity index (χ2v) is 6.58. The van der Waals surface area contributed by atoms with E-state index in [1.165, 1.54) is 13.0 Å². The smallest absolute Gasteiger partial charge is 0.336 e. The Morgan fingerprint density at radius 3 is 2.59 bits per heavy atom. The Hall–Kier alpha value is -3.13. The standard InChI is InChI=1S/C19H15BrN2O5/c1-11(23)21-15-6-4-13(20)8-16(15)22-18(24)10-26-14-5-2-12-3-7-19(25)27-17(12)9-14/h2-9H,10H2,1H3,(H,21,23)(H,22,24). The Morgan fingerprint density at radius 2 is 1.81 bits per heavy atom. The molecule has 0 atom stereocenters. The molecule has 0 saturated heterocycles. The van der Waals surface area contributed by atoms with Gasteiger partial charge in [-0.25, -0.2) is 4.79 Å². The molecule has 1 aromatic heterocycles. The highest BCUT2D eigenvalue weighted by molar-refractivity contribution is 9.10. The maximum atomic E-state index is 12.2. The van der Waals surface area contributed by atoms with Crippen molar-refractivity contribution in [2.75, 3.05) is 17.2 Å². The molecule has 8 heteroatoms. The fourth-order valence-electron chi connectivity index (χ4n) is 2.38. The predicted molar refractivity (Wildman–Crippen MR) is 105 cm³/mol. The summed E-state index contributed by atoms with van der Waals surface area (Å²) in [6, 6.07) is 13.0. The Labute approximate surface area is 162 Å². The molecule has 0 saturated carbocycles. The average molecular weight is 431 g/mol. The van der Waals surface area contributed by atoms with Crippen LogP contribution in [0.25, 0.3) is 11.0 Å². The first kappa shape index (κ1) is 18.7. The molecular formula is C19H15BrN2O5. The lowest BCUT2D eigenvalue weighted by atomic mass is 10.2. The van der Waals surface area contributed by atoms with Gasteiger partial charge in [-0.15, -0.1) is 0 Å². The fourth-order valence-corrected chi connectivity index (χ4v) is 2.75. The summed E-state index contributed by atoms with van der Waals surface area (Å²) in [6.45, 7) is 1.13. The third kappa shape index (κ3) is 4.95. The third-order valence-corrected chi connectivity index (χ3v) is 4.02. The van der Waals surface area contributed by atoms with Gasteiger partial charge in [0, 0.05) is 28.9 Å². The quantitative estimate of drug-likeness (QED) is 0.603. The van der Waals surface area contributed by atoms with Gasteiger partial charge >= 0.3 is 5.63 Å². The molecule has 138 valence electrons. The first-order valence-corrected chi connectivity index (χ1v) is 8.74. The molecule has 1 heterocycles. The van der Waals surface area contributed by atoms with Crippen LogP contribution < -0.4 is 21.0 Å². The number of benzene rings is 2. The van der Waals surface area contributed by atoms with Gasteiger partial charge in [0.25, 0.3) is 5.91 Å². The molecule has 2 amide bonds. The van der Waals surface area contributed by atoms with Gasteiger partial charge in [-0.2, -0.15) is 0 Å². The van der Waals surface area contributed by atoms with Crippen molar-refractivity contribution in [3.05, 3.63) is 63.4 Å². The second-order valence-electron chi connectivity index (χ2n) is 5.66. The summed E-state index contributed by atoms with van der Waals surface area (Å²) in [6.07, 6.45) is 0. The fraction of sp³-hybridized carbons (Fsp3) is 0.105. The van der Waals surface area contributed by atoms with E-state index in [2.05, 4.69) is 26.6 Å². The van der Waals surface area contributed by atoms with Crippen LogP contribution in [0.3, 0.4) is 0 Å². The zero-order valence-electron chi connectivity index (χ0n) is 14.2. The minimum absolute atomic E-state index is 0.248. The van der Waals surface area contributed by atoms with E-state index in [1.807, 2.05) is 0 Å². The lowest BCUT2D eigenvalue weighted by molar-refractivity contribution is -0.118. The lowest BCUT2D eigenvalue weighted by Crippen LogP contribution is -2.21. The Kier molecular flexibility index (Phi) is 5.56. The van der Waals surface area contributed by atoms with Crippen LogP contribution >= 0.6 is 15.9 Å². The van der Waals surface area contributed by atoms with Crippen LogP contribution in [0.2, 0.25) is 0 Å². The number of anilines is 2. The average Bonchev–Trinajstić information content (AvgIpc) is 2.61. The van der Waals surface area contributed by atoms with Crippen LogP contribution in [0.5, 0.6) is 5.75 Å². The van der Waals surface area contributed by atoms with Crippen LogP contribution in [0.4, 0.5) is 11.4 Å². The minimum Gasteiger partial charge on any atom is -0.484 e. The first-order chi connectivity index (χ1) is 12.9. The Morgan fingerprint density at radius 1 is 1.04 bits per heavy atom. The normalized spacial score (nSPS) is 10.4. The van der Waals surface area contributed by atoms with Crippen molar-refractivity contribution in [3.8, 4) is 5.75 Å². The molecule has 3 aromatic rings. The van der Waals surface area contributed by atoms with Gasteiger partial charge in [0.2, 0.25) is 5.91 Å². The highest BCUT2D eigenvalue weighted by Gasteiger charge is 2.10. The number of amides is 2. The zero-order valence-corrected chi connectivity index (χ0v) is 15.8. The summed E-state index contributed by atoms with van der Waals surface area (Å²) in [7, 11) is 0. The molecule has 3 rings (SSSR count). The van der Waals surface area contributed by atoms with E-state index in [0.717, 1.165) is 9.86 Å². The number of halogens is 1. The topological polar surface area (TPSA) is 97.6 Å². The van der Waals surface area contributed by atoms with Crippen LogP contribution in [0.1, 0.15) is 6.92 Å².